The molecule has 0 aromatic heterocycles. The van der Waals surface area contributed by atoms with Crippen molar-refractivity contribution in [2.75, 3.05) is 13.1 Å². The third-order valence-corrected chi connectivity index (χ3v) is 4.71. The summed E-state index contributed by atoms with van der Waals surface area (Å²) in [5.74, 6) is 0.895. The minimum atomic E-state index is 0.742. The van der Waals surface area contributed by atoms with Crippen LogP contribution in [0.1, 0.15) is 37.7 Å². The van der Waals surface area contributed by atoms with Crippen LogP contribution < -0.4 is 0 Å². The highest BCUT2D eigenvalue weighted by Crippen LogP contribution is 2.25. The van der Waals surface area contributed by atoms with E-state index in [2.05, 4.69) is 47.4 Å². The second-order valence-corrected chi connectivity index (χ2v) is 6.10. The number of benzene rings is 1. The molecule has 1 atom stereocenters. The van der Waals surface area contributed by atoms with Gasteiger partial charge >= 0.3 is 0 Å². The van der Waals surface area contributed by atoms with Gasteiger partial charge in [0.15, 0.2) is 0 Å². The van der Waals surface area contributed by atoms with E-state index < -0.39 is 0 Å². The maximum absolute atomic E-state index is 2.71. The summed E-state index contributed by atoms with van der Waals surface area (Å²) in [5.41, 5.74) is 1.51. The molecule has 1 aromatic carbocycles. The van der Waals surface area contributed by atoms with Gasteiger partial charge in [-0.25, -0.2) is 0 Å². The van der Waals surface area contributed by atoms with Crippen LogP contribution in [0.25, 0.3) is 0 Å². The van der Waals surface area contributed by atoms with Gasteiger partial charge in [-0.3, -0.25) is 4.90 Å². The molecule has 102 valence electrons. The van der Waals surface area contributed by atoms with E-state index in [1.54, 1.807) is 0 Å². The fourth-order valence-corrected chi connectivity index (χ4v) is 3.53. The molecular formula is C18H25N. The predicted molar refractivity (Wildman–Crippen MR) is 81.2 cm³/mol. The van der Waals surface area contributed by atoms with Crippen LogP contribution in [-0.2, 0) is 6.42 Å². The standard InChI is InChI=1S/C18H25N/c1-3-7-16(8-4-1)15-17-11-13-19(14-12-17)18-9-5-2-6-10-18/h1,3-5,7-9,17-18H,2,6,10-15H2. The van der Waals surface area contributed by atoms with Gasteiger partial charge in [-0.1, -0.05) is 42.5 Å². The van der Waals surface area contributed by atoms with Crippen molar-refractivity contribution in [2.45, 2.75) is 44.6 Å². The first-order valence-corrected chi connectivity index (χ1v) is 7.86. The summed E-state index contributed by atoms with van der Waals surface area (Å²) in [6.45, 7) is 2.60. The van der Waals surface area contributed by atoms with Gasteiger partial charge in [0.1, 0.15) is 0 Å². The Morgan fingerprint density at radius 1 is 1.00 bits per heavy atom. The fraction of sp³-hybridized carbons (Fsp3) is 0.556. The van der Waals surface area contributed by atoms with Gasteiger partial charge in [0.05, 0.1) is 0 Å². The zero-order valence-corrected chi connectivity index (χ0v) is 11.8. The minimum Gasteiger partial charge on any atom is -0.297 e. The van der Waals surface area contributed by atoms with Crippen LogP contribution in [0.5, 0.6) is 0 Å². The van der Waals surface area contributed by atoms with Crippen LogP contribution in [-0.4, -0.2) is 24.0 Å². The molecule has 1 fully saturated rings. The van der Waals surface area contributed by atoms with Gasteiger partial charge in [-0.2, -0.15) is 0 Å². The van der Waals surface area contributed by atoms with Crippen LogP contribution in [0.2, 0.25) is 0 Å². The van der Waals surface area contributed by atoms with Crippen LogP contribution in [0.3, 0.4) is 0 Å². The van der Waals surface area contributed by atoms with E-state index in [1.807, 2.05) is 0 Å². The van der Waals surface area contributed by atoms with Gasteiger partial charge < -0.3 is 0 Å². The third kappa shape index (κ3) is 3.48. The molecule has 0 N–H and O–H groups in total. The first-order valence-electron chi connectivity index (χ1n) is 7.86. The minimum absolute atomic E-state index is 0.742. The highest BCUT2D eigenvalue weighted by atomic mass is 15.2. The predicted octanol–water partition coefficient (Wildman–Crippen LogP) is 4.05. The molecule has 3 rings (SSSR count). The lowest BCUT2D eigenvalue weighted by Gasteiger charge is -2.37. The van der Waals surface area contributed by atoms with Crippen molar-refractivity contribution in [3.8, 4) is 0 Å². The van der Waals surface area contributed by atoms with Gasteiger partial charge in [0, 0.05) is 6.04 Å². The summed E-state index contributed by atoms with van der Waals surface area (Å²) in [4.78, 5) is 2.71. The molecule has 1 aromatic rings. The third-order valence-electron chi connectivity index (χ3n) is 4.71. The van der Waals surface area contributed by atoms with Crippen LogP contribution in [0.4, 0.5) is 0 Å². The Balaban J connectivity index is 1.49. The number of hydrogen-bond donors (Lipinski definition) is 0. The highest BCUT2D eigenvalue weighted by molar-refractivity contribution is 5.15. The molecule has 1 nitrogen and oxygen atoms in total. The van der Waals surface area contributed by atoms with Crippen molar-refractivity contribution >= 4 is 0 Å². The van der Waals surface area contributed by atoms with Crippen molar-refractivity contribution in [1.29, 1.82) is 0 Å². The average Bonchev–Trinajstić information content (AvgIpc) is 2.50. The van der Waals surface area contributed by atoms with Crippen molar-refractivity contribution < 1.29 is 0 Å². The molecule has 0 bridgehead atoms. The van der Waals surface area contributed by atoms with Gasteiger partial charge in [0.2, 0.25) is 0 Å². The van der Waals surface area contributed by atoms with Crippen molar-refractivity contribution in [2.24, 2.45) is 5.92 Å². The monoisotopic (exact) mass is 255 g/mol. The maximum Gasteiger partial charge on any atom is 0.0278 e. The molecule has 1 unspecified atom stereocenters. The van der Waals surface area contributed by atoms with E-state index >= 15 is 0 Å². The number of piperidine rings is 1. The van der Waals surface area contributed by atoms with E-state index in [4.69, 9.17) is 0 Å². The number of hydrogen-bond acceptors (Lipinski definition) is 1. The zero-order valence-electron chi connectivity index (χ0n) is 11.8. The summed E-state index contributed by atoms with van der Waals surface area (Å²) in [5, 5.41) is 0. The van der Waals surface area contributed by atoms with Crippen LogP contribution in [0, 0.1) is 5.92 Å². The van der Waals surface area contributed by atoms with E-state index in [1.165, 1.54) is 57.2 Å². The molecule has 0 amide bonds. The first kappa shape index (κ1) is 12.9. The molecule has 1 aliphatic heterocycles. The molecule has 0 spiro atoms. The Morgan fingerprint density at radius 3 is 2.47 bits per heavy atom. The highest BCUT2D eigenvalue weighted by Gasteiger charge is 2.24. The molecule has 1 aliphatic carbocycles. The topological polar surface area (TPSA) is 3.24 Å². The molecule has 1 saturated heterocycles. The Labute approximate surface area is 117 Å². The number of likely N-dealkylation sites (tertiary alicyclic amines) is 1. The molecular weight excluding hydrogens is 230 g/mol. The largest absolute Gasteiger partial charge is 0.297 e. The SMILES string of the molecule is C1=CC(N2CCC(Cc3ccccc3)CC2)CCC1. The van der Waals surface area contributed by atoms with E-state index in [0.717, 1.165) is 12.0 Å². The lowest BCUT2D eigenvalue weighted by Crippen LogP contribution is -2.41. The molecule has 1 heterocycles. The second kappa shape index (κ2) is 6.38. The van der Waals surface area contributed by atoms with E-state index in [-0.39, 0.29) is 0 Å². The molecule has 0 saturated carbocycles. The van der Waals surface area contributed by atoms with Crippen molar-refractivity contribution in [3.63, 3.8) is 0 Å². The normalized spacial score (nSPS) is 25.6. The Bertz CT molecular complexity index is 401. The maximum atomic E-state index is 2.71. The lowest BCUT2D eigenvalue weighted by atomic mass is 9.88. The molecule has 0 radical (unpaired) electrons. The first-order chi connectivity index (χ1) is 9.42. The molecule has 2 aliphatic rings. The van der Waals surface area contributed by atoms with E-state index in [0.29, 0.717) is 0 Å². The van der Waals surface area contributed by atoms with Gasteiger partial charge in [-0.15, -0.1) is 0 Å². The Kier molecular flexibility index (Phi) is 4.34. The van der Waals surface area contributed by atoms with E-state index in [9.17, 15) is 0 Å². The quantitative estimate of drug-likeness (QED) is 0.737. The van der Waals surface area contributed by atoms with Crippen molar-refractivity contribution in [3.05, 3.63) is 48.0 Å². The number of allylic oxidation sites excluding steroid dienone is 1. The van der Waals surface area contributed by atoms with Gasteiger partial charge in [-0.05, 0) is 63.1 Å². The smallest absolute Gasteiger partial charge is 0.0278 e. The molecule has 19 heavy (non-hydrogen) atoms. The fourth-order valence-electron chi connectivity index (χ4n) is 3.53. The number of nitrogens with zero attached hydrogens (tertiary/aromatic N) is 1. The van der Waals surface area contributed by atoms with Crippen molar-refractivity contribution in [1.82, 2.24) is 4.90 Å². The summed E-state index contributed by atoms with van der Waals surface area (Å²) < 4.78 is 0. The summed E-state index contributed by atoms with van der Waals surface area (Å²) >= 11 is 0. The molecule has 1 heteroatoms. The Morgan fingerprint density at radius 2 is 1.79 bits per heavy atom. The number of rotatable bonds is 3. The van der Waals surface area contributed by atoms with Gasteiger partial charge in [0.25, 0.3) is 0 Å². The second-order valence-electron chi connectivity index (χ2n) is 6.10. The van der Waals surface area contributed by atoms with Crippen LogP contribution >= 0.6 is 0 Å². The lowest BCUT2D eigenvalue weighted by molar-refractivity contribution is 0.145. The summed E-state index contributed by atoms with van der Waals surface area (Å²) in [7, 11) is 0. The zero-order chi connectivity index (χ0) is 12.9. The summed E-state index contributed by atoms with van der Waals surface area (Å²) in [6.07, 6.45) is 12.9. The Hall–Kier alpha value is -1.08. The summed E-state index contributed by atoms with van der Waals surface area (Å²) in [6, 6.07) is 11.7. The average molecular weight is 255 g/mol. The van der Waals surface area contributed by atoms with Crippen LogP contribution in [0.15, 0.2) is 42.5 Å².